The van der Waals surface area contributed by atoms with Crippen LogP contribution in [0.15, 0.2) is 0 Å². The third-order valence-electron chi connectivity index (χ3n) is 3.96. The van der Waals surface area contributed by atoms with Gasteiger partial charge in [0.2, 0.25) is 0 Å². The minimum atomic E-state index is -0.322. The lowest BCUT2D eigenvalue weighted by Gasteiger charge is -2.33. The van der Waals surface area contributed by atoms with Crippen LogP contribution in [0, 0.1) is 5.92 Å². The van der Waals surface area contributed by atoms with Gasteiger partial charge in [-0.2, -0.15) is 0 Å². The van der Waals surface area contributed by atoms with Gasteiger partial charge < -0.3 is 15.1 Å². The van der Waals surface area contributed by atoms with E-state index >= 15 is 0 Å². The summed E-state index contributed by atoms with van der Waals surface area (Å²) in [5, 5.41) is 3.18. The molecule has 0 unspecified atom stereocenters. The first-order valence-corrected chi connectivity index (χ1v) is 7.01. The second-order valence-corrected chi connectivity index (χ2v) is 5.18. The van der Waals surface area contributed by atoms with Gasteiger partial charge in [-0.25, -0.2) is 0 Å². The van der Waals surface area contributed by atoms with Gasteiger partial charge in [0, 0.05) is 39.3 Å². The zero-order valence-corrected chi connectivity index (χ0v) is 11.2. The Kier molecular flexibility index (Phi) is 4.58. The largest absolute Gasteiger partial charge is 0.334 e. The molecule has 1 saturated carbocycles. The molecule has 1 aliphatic carbocycles. The highest BCUT2D eigenvalue weighted by Gasteiger charge is 2.29. The van der Waals surface area contributed by atoms with E-state index in [1.807, 2.05) is 6.92 Å². The Hall–Kier alpha value is -1.10. The number of hydrogen-bond acceptors (Lipinski definition) is 3. The molecular formula is C13H23N3O2. The van der Waals surface area contributed by atoms with E-state index < -0.39 is 0 Å². The molecular weight excluding hydrogens is 230 g/mol. The first kappa shape index (κ1) is 13.3. The number of nitrogens with zero attached hydrogens (tertiary/aromatic N) is 2. The SMILES string of the molecule is CCN(CC1CCC1)C(=O)C(=O)N1CCNCC1. The highest BCUT2D eigenvalue weighted by molar-refractivity contribution is 6.34. The summed E-state index contributed by atoms with van der Waals surface area (Å²) in [7, 11) is 0. The molecule has 0 atom stereocenters. The van der Waals surface area contributed by atoms with Crippen molar-refractivity contribution in [2.45, 2.75) is 26.2 Å². The second kappa shape index (κ2) is 6.18. The maximum Gasteiger partial charge on any atom is 0.312 e. The van der Waals surface area contributed by atoms with E-state index in [1.165, 1.54) is 19.3 Å². The maximum absolute atomic E-state index is 12.2. The molecule has 0 bridgehead atoms. The standard InChI is InChI=1S/C13H23N3O2/c1-2-15(10-11-4-3-5-11)12(17)13(18)16-8-6-14-7-9-16/h11,14H,2-10H2,1H3. The fourth-order valence-electron chi connectivity index (χ4n) is 2.48. The number of rotatable bonds is 3. The molecule has 2 amide bonds. The van der Waals surface area contributed by atoms with E-state index in [0.717, 1.165) is 19.6 Å². The fraction of sp³-hybridized carbons (Fsp3) is 0.846. The monoisotopic (exact) mass is 253 g/mol. The molecule has 0 spiro atoms. The van der Waals surface area contributed by atoms with Gasteiger partial charge in [0.1, 0.15) is 0 Å². The molecule has 5 nitrogen and oxygen atoms in total. The van der Waals surface area contributed by atoms with Crippen LogP contribution in [0.1, 0.15) is 26.2 Å². The van der Waals surface area contributed by atoms with Gasteiger partial charge in [-0.05, 0) is 25.7 Å². The smallest absolute Gasteiger partial charge is 0.312 e. The van der Waals surface area contributed by atoms with Crippen molar-refractivity contribution < 1.29 is 9.59 Å². The molecule has 0 aromatic carbocycles. The average molecular weight is 253 g/mol. The average Bonchev–Trinajstić information content (AvgIpc) is 2.37. The van der Waals surface area contributed by atoms with E-state index in [4.69, 9.17) is 0 Å². The molecule has 5 heteroatoms. The van der Waals surface area contributed by atoms with E-state index in [0.29, 0.717) is 25.6 Å². The number of piperazine rings is 1. The highest BCUT2D eigenvalue weighted by atomic mass is 16.2. The third-order valence-corrected chi connectivity index (χ3v) is 3.96. The van der Waals surface area contributed by atoms with E-state index in [-0.39, 0.29) is 11.8 Å². The van der Waals surface area contributed by atoms with Gasteiger partial charge in [-0.1, -0.05) is 6.42 Å². The lowest BCUT2D eigenvalue weighted by Crippen LogP contribution is -2.52. The summed E-state index contributed by atoms with van der Waals surface area (Å²) < 4.78 is 0. The quantitative estimate of drug-likeness (QED) is 0.724. The van der Waals surface area contributed by atoms with Crippen molar-refractivity contribution in [3.8, 4) is 0 Å². The number of likely N-dealkylation sites (N-methyl/N-ethyl adjacent to an activating group) is 1. The molecule has 18 heavy (non-hydrogen) atoms. The molecule has 1 N–H and O–H groups in total. The Bertz CT molecular complexity index is 309. The van der Waals surface area contributed by atoms with Gasteiger partial charge in [-0.15, -0.1) is 0 Å². The van der Waals surface area contributed by atoms with Crippen LogP contribution in [0.4, 0.5) is 0 Å². The fourth-order valence-corrected chi connectivity index (χ4v) is 2.48. The van der Waals surface area contributed by atoms with Crippen molar-refractivity contribution in [1.29, 1.82) is 0 Å². The first-order chi connectivity index (χ1) is 8.72. The van der Waals surface area contributed by atoms with Crippen LogP contribution in [0.2, 0.25) is 0 Å². The second-order valence-electron chi connectivity index (χ2n) is 5.18. The van der Waals surface area contributed by atoms with Crippen molar-refractivity contribution in [3.05, 3.63) is 0 Å². The van der Waals surface area contributed by atoms with Crippen LogP contribution in [0.5, 0.6) is 0 Å². The van der Waals surface area contributed by atoms with Crippen molar-refractivity contribution in [1.82, 2.24) is 15.1 Å². The van der Waals surface area contributed by atoms with Crippen LogP contribution in [0.25, 0.3) is 0 Å². The van der Waals surface area contributed by atoms with Gasteiger partial charge in [0.25, 0.3) is 0 Å². The van der Waals surface area contributed by atoms with Crippen LogP contribution in [-0.2, 0) is 9.59 Å². The lowest BCUT2D eigenvalue weighted by molar-refractivity contribution is -0.152. The molecule has 102 valence electrons. The maximum atomic E-state index is 12.2. The summed E-state index contributed by atoms with van der Waals surface area (Å²) in [6.45, 7) is 6.20. The Morgan fingerprint density at radius 2 is 1.94 bits per heavy atom. The predicted octanol–water partition coefficient (Wildman–Crippen LogP) is 0.0668. The van der Waals surface area contributed by atoms with Crippen molar-refractivity contribution >= 4 is 11.8 Å². The van der Waals surface area contributed by atoms with Gasteiger partial charge in [0.15, 0.2) is 0 Å². The zero-order chi connectivity index (χ0) is 13.0. The summed E-state index contributed by atoms with van der Waals surface area (Å²) in [6, 6.07) is 0. The molecule has 1 aliphatic heterocycles. The number of amides is 2. The van der Waals surface area contributed by atoms with E-state index in [2.05, 4.69) is 5.32 Å². The molecule has 1 saturated heterocycles. The minimum absolute atomic E-state index is 0.314. The van der Waals surface area contributed by atoms with E-state index in [9.17, 15) is 9.59 Å². The van der Waals surface area contributed by atoms with Crippen molar-refractivity contribution in [3.63, 3.8) is 0 Å². The summed E-state index contributed by atoms with van der Waals surface area (Å²) in [4.78, 5) is 27.6. The summed E-state index contributed by atoms with van der Waals surface area (Å²) in [6.07, 6.45) is 3.67. The third kappa shape index (κ3) is 3.02. The topological polar surface area (TPSA) is 52.7 Å². The van der Waals surface area contributed by atoms with Crippen LogP contribution in [-0.4, -0.2) is 60.9 Å². The molecule has 2 rings (SSSR count). The Labute approximate surface area is 108 Å². The molecule has 2 fully saturated rings. The number of carbonyl (C=O) groups excluding carboxylic acids is 2. The van der Waals surface area contributed by atoms with Gasteiger partial charge in [0.05, 0.1) is 0 Å². The Morgan fingerprint density at radius 1 is 1.28 bits per heavy atom. The predicted molar refractivity (Wildman–Crippen MR) is 69.0 cm³/mol. The molecule has 1 heterocycles. The molecule has 0 aromatic heterocycles. The summed E-state index contributed by atoms with van der Waals surface area (Å²) >= 11 is 0. The van der Waals surface area contributed by atoms with E-state index in [1.54, 1.807) is 9.80 Å². The first-order valence-electron chi connectivity index (χ1n) is 7.01. The highest BCUT2D eigenvalue weighted by Crippen LogP contribution is 2.27. The number of carbonyl (C=O) groups is 2. The Balaban J connectivity index is 1.87. The molecule has 0 radical (unpaired) electrons. The number of hydrogen-bond donors (Lipinski definition) is 1. The molecule has 2 aliphatic rings. The zero-order valence-electron chi connectivity index (χ0n) is 11.2. The number of nitrogens with one attached hydrogen (secondary N) is 1. The lowest BCUT2D eigenvalue weighted by atomic mass is 9.85. The van der Waals surface area contributed by atoms with Crippen molar-refractivity contribution in [2.75, 3.05) is 39.3 Å². The van der Waals surface area contributed by atoms with Gasteiger partial charge in [-0.3, -0.25) is 9.59 Å². The van der Waals surface area contributed by atoms with Crippen LogP contribution in [0.3, 0.4) is 0 Å². The summed E-state index contributed by atoms with van der Waals surface area (Å²) in [5.74, 6) is -0.0197. The normalized spacial score (nSPS) is 20.4. The summed E-state index contributed by atoms with van der Waals surface area (Å²) in [5.41, 5.74) is 0. The van der Waals surface area contributed by atoms with Gasteiger partial charge >= 0.3 is 11.8 Å². The van der Waals surface area contributed by atoms with Crippen molar-refractivity contribution in [2.24, 2.45) is 5.92 Å². The van der Waals surface area contributed by atoms with Crippen LogP contribution >= 0.6 is 0 Å². The Morgan fingerprint density at radius 3 is 2.44 bits per heavy atom. The van der Waals surface area contributed by atoms with Crippen LogP contribution < -0.4 is 5.32 Å². The molecule has 0 aromatic rings. The minimum Gasteiger partial charge on any atom is -0.334 e.